The second kappa shape index (κ2) is 8.79. The van der Waals surface area contributed by atoms with Crippen molar-refractivity contribution in [3.63, 3.8) is 0 Å². The van der Waals surface area contributed by atoms with E-state index in [9.17, 15) is 14.4 Å². The third-order valence-corrected chi connectivity index (χ3v) is 3.33. The normalized spacial score (nSPS) is 12.6. The average molecular weight is 348 g/mol. The molecule has 0 heterocycles. The fourth-order valence-electron chi connectivity index (χ4n) is 2.35. The Balaban J connectivity index is 2.94. The van der Waals surface area contributed by atoms with Crippen molar-refractivity contribution in [2.45, 2.75) is 66.1 Å². The lowest BCUT2D eigenvalue weighted by Crippen LogP contribution is -2.30. The van der Waals surface area contributed by atoms with E-state index >= 15 is 0 Å². The Hall–Kier alpha value is -2.17. The molecule has 0 amide bonds. The average Bonchev–Trinajstić information content (AvgIpc) is 2.44. The molecule has 0 saturated heterocycles. The molecular formula is C20H28O5. The highest BCUT2D eigenvalue weighted by molar-refractivity contribution is 5.94. The first-order valence-corrected chi connectivity index (χ1v) is 8.50. The van der Waals surface area contributed by atoms with Gasteiger partial charge in [-0.25, -0.2) is 0 Å². The van der Waals surface area contributed by atoms with Crippen LogP contribution in [-0.2, 0) is 25.5 Å². The predicted octanol–water partition coefficient (Wildman–Crippen LogP) is 3.73. The van der Waals surface area contributed by atoms with Crippen molar-refractivity contribution < 1.29 is 23.9 Å². The number of ether oxygens (including phenoxy) is 2. The van der Waals surface area contributed by atoms with Gasteiger partial charge in [-0.15, -0.1) is 0 Å². The summed E-state index contributed by atoms with van der Waals surface area (Å²) in [6, 6.07) is 7.07. The van der Waals surface area contributed by atoms with Gasteiger partial charge in [-0.2, -0.15) is 0 Å². The zero-order chi connectivity index (χ0) is 19.2. The van der Waals surface area contributed by atoms with Crippen LogP contribution >= 0.6 is 0 Å². The van der Waals surface area contributed by atoms with Gasteiger partial charge in [0.15, 0.2) is 5.78 Å². The van der Waals surface area contributed by atoms with Gasteiger partial charge in [0.25, 0.3) is 0 Å². The number of benzene rings is 1. The molecule has 25 heavy (non-hydrogen) atoms. The number of esters is 2. The molecule has 138 valence electrons. The molecule has 0 unspecified atom stereocenters. The van der Waals surface area contributed by atoms with E-state index in [1.165, 1.54) is 6.92 Å². The molecule has 0 aromatic heterocycles. The van der Waals surface area contributed by atoms with Crippen molar-refractivity contribution in [1.82, 2.24) is 0 Å². The lowest BCUT2D eigenvalue weighted by molar-refractivity contribution is -0.163. The molecule has 0 bridgehead atoms. The molecule has 0 saturated carbocycles. The Morgan fingerprint density at radius 2 is 1.76 bits per heavy atom. The van der Waals surface area contributed by atoms with Gasteiger partial charge in [-0.05, 0) is 59.6 Å². The van der Waals surface area contributed by atoms with Gasteiger partial charge in [-0.1, -0.05) is 18.2 Å². The summed E-state index contributed by atoms with van der Waals surface area (Å²) in [5.74, 6) is -1.58. The van der Waals surface area contributed by atoms with E-state index in [4.69, 9.17) is 9.47 Å². The quantitative estimate of drug-likeness (QED) is 0.555. The second-order valence-electron chi connectivity index (χ2n) is 7.43. The number of ketones is 1. The summed E-state index contributed by atoms with van der Waals surface area (Å²) < 4.78 is 10.6. The van der Waals surface area contributed by atoms with Crippen LogP contribution in [0.25, 0.3) is 0 Å². The molecule has 0 spiro atoms. The first-order chi connectivity index (χ1) is 11.5. The highest BCUT2D eigenvalue weighted by Gasteiger charge is 2.27. The fraction of sp³-hybridized carbons (Fsp3) is 0.550. The monoisotopic (exact) mass is 348 g/mol. The number of hydrogen-bond acceptors (Lipinski definition) is 5. The second-order valence-corrected chi connectivity index (χ2v) is 7.43. The van der Waals surface area contributed by atoms with Gasteiger partial charge in [0.2, 0.25) is 0 Å². The minimum Gasteiger partial charge on any atom is -0.463 e. The molecule has 0 N–H and O–H groups in total. The van der Waals surface area contributed by atoms with Crippen molar-refractivity contribution in [2.24, 2.45) is 5.92 Å². The maximum atomic E-state index is 12.4. The van der Waals surface area contributed by atoms with E-state index in [1.54, 1.807) is 52.8 Å². The predicted molar refractivity (Wildman–Crippen MR) is 95.3 cm³/mol. The summed E-state index contributed by atoms with van der Waals surface area (Å²) in [5, 5.41) is 0. The number of Topliss-reactive ketones (excluding diaryl/α,β-unsaturated/α-hetero) is 1. The molecule has 1 aromatic rings. The number of carbonyl (C=O) groups excluding carboxylic acids is 3. The van der Waals surface area contributed by atoms with Crippen LogP contribution in [0.3, 0.4) is 0 Å². The lowest BCUT2D eigenvalue weighted by atomic mass is 9.94. The molecule has 5 heteroatoms. The van der Waals surface area contributed by atoms with Gasteiger partial charge in [0, 0.05) is 5.56 Å². The fourth-order valence-corrected chi connectivity index (χ4v) is 2.35. The van der Waals surface area contributed by atoms with Crippen LogP contribution in [0.2, 0.25) is 0 Å². The van der Waals surface area contributed by atoms with Gasteiger partial charge in [0.1, 0.15) is 5.60 Å². The molecule has 0 radical (unpaired) electrons. The van der Waals surface area contributed by atoms with Crippen molar-refractivity contribution in [1.29, 1.82) is 0 Å². The van der Waals surface area contributed by atoms with Crippen LogP contribution < -0.4 is 0 Å². The van der Waals surface area contributed by atoms with Crippen molar-refractivity contribution >= 4 is 17.7 Å². The Morgan fingerprint density at radius 1 is 1.12 bits per heavy atom. The van der Waals surface area contributed by atoms with Crippen LogP contribution in [0, 0.1) is 5.92 Å². The van der Waals surface area contributed by atoms with E-state index in [0.717, 1.165) is 5.56 Å². The van der Waals surface area contributed by atoms with Crippen molar-refractivity contribution in [3.8, 4) is 0 Å². The number of rotatable bonds is 7. The van der Waals surface area contributed by atoms with E-state index in [1.807, 2.05) is 6.07 Å². The van der Waals surface area contributed by atoms with Gasteiger partial charge < -0.3 is 9.47 Å². The molecule has 0 aliphatic rings. The Morgan fingerprint density at radius 3 is 2.28 bits per heavy atom. The highest BCUT2D eigenvalue weighted by Crippen LogP contribution is 2.19. The smallest absolute Gasteiger partial charge is 0.310 e. The first kappa shape index (κ1) is 20.9. The molecule has 1 rings (SSSR count). The third-order valence-electron chi connectivity index (χ3n) is 3.33. The topological polar surface area (TPSA) is 69.7 Å². The molecule has 0 fully saturated rings. The van der Waals surface area contributed by atoms with Crippen LogP contribution in [0.1, 0.15) is 63.9 Å². The maximum absolute atomic E-state index is 12.4. The minimum absolute atomic E-state index is 0.0460. The van der Waals surface area contributed by atoms with Crippen molar-refractivity contribution in [2.75, 3.05) is 0 Å². The Bertz CT molecular complexity index is 625. The zero-order valence-electron chi connectivity index (χ0n) is 15.9. The van der Waals surface area contributed by atoms with Crippen LogP contribution in [0.5, 0.6) is 0 Å². The Labute approximate surface area is 149 Å². The molecule has 5 nitrogen and oxygen atoms in total. The zero-order valence-corrected chi connectivity index (χ0v) is 15.9. The molecular weight excluding hydrogens is 320 g/mol. The summed E-state index contributed by atoms with van der Waals surface area (Å²) in [6.07, 6.45) is -0.0174. The van der Waals surface area contributed by atoms with Crippen LogP contribution in [-0.4, -0.2) is 29.4 Å². The van der Waals surface area contributed by atoms with Gasteiger partial charge in [-0.3, -0.25) is 14.4 Å². The SMILES string of the molecule is CC(=O)c1cccc(C[C@@H](CC(=O)OC(C)(C)C)C(=O)OC(C)C)c1. The maximum Gasteiger partial charge on any atom is 0.310 e. The summed E-state index contributed by atoms with van der Waals surface area (Å²) >= 11 is 0. The van der Waals surface area contributed by atoms with E-state index in [-0.39, 0.29) is 18.3 Å². The van der Waals surface area contributed by atoms with E-state index in [0.29, 0.717) is 12.0 Å². The van der Waals surface area contributed by atoms with Gasteiger partial charge in [0.05, 0.1) is 18.4 Å². The van der Waals surface area contributed by atoms with E-state index < -0.39 is 23.5 Å². The molecule has 1 atom stereocenters. The minimum atomic E-state index is -0.653. The standard InChI is InChI=1S/C20H28O5/c1-13(2)24-19(23)17(12-18(22)25-20(4,5)6)11-15-8-7-9-16(10-15)14(3)21/h7-10,13,17H,11-12H2,1-6H3/t17-/m0/s1. The summed E-state index contributed by atoms with van der Waals surface area (Å²) in [6.45, 7) is 10.4. The summed E-state index contributed by atoms with van der Waals surface area (Å²) in [4.78, 5) is 36.1. The van der Waals surface area contributed by atoms with Crippen LogP contribution in [0.4, 0.5) is 0 Å². The Kier molecular flexibility index (Phi) is 7.34. The lowest BCUT2D eigenvalue weighted by Gasteiger charge is -2.22. The number of hydrogen-bond donors (Lipinski definition) is 0. The summed E-state index contributed by atoms with van der Waals surface area (Å²) in [7, 11) is 0. The van der Waals surface area contributed by atoms with Crippen molar-refractivity contribution in [3.05, 3.63) is 35.4 Å². The van der Waals surface area contributed by atoms with Gasteiger partial charge >= 0.3 is 11.9 Å². The highest BCUT2D eigenvalue weighted by atomic mass is 16.6. The molecule has 1 aromatic carbocycles. The largest absolute Gasteiger partial charge is 0.463 e. The summed E-state index contributed by atoms with van der Waals surface area (Å²) in [5.41, 5.74) is 0.769. The first-order valence-electron chi connectivity index (χ1n) is 8.50. The number of carbonyl (C=O) groups is 3. The third kappa shape index (κ3) is 7.96. The molecule has 0 aliphatic heterocycles. The van der Waals surface area contributed by atoms with E-state index in [2.05, 4.69) is 0 Å². The molecule has 0 aliphatic carbocycles. The van der Waals surface area contributed by atoms with Crippen LogP contribution in [0.15, 0.2) is 24.3 Å².